The van der Waals surface area contributed by atoms with Gasteiger partial charge in [-0.15, -0.1) is 0 Å². The maximum atomic E-state index is 12.0. The lowest BCUT2D eigenvalue weighted by molar-refractivity contribution is -0.148. The van der Waals surface area contributed by atoms with E-state index in [-0.39, 0.29) is 11.7 Å². The van der Waals surface area contributed by atoms with Gasteiger partial charge in [0, 0.05) is 19.5 Å². The van der Waals surface area contributed by atoms with Crippen LogP contribution in [0.25, 0.3) is 0 Å². The lowest BCUT2D eigenvalue weighted by Gasteiger charge is -2.28. The molecule has 1 N–H and O–H groups in total. The van der Waals surface area contributed by atoms with Gasteiger partial charge in [-0.2, -0.15) is 0 Å². The monoisotopic (exact) mass is 213 g/mol. The van der Waals surface area contributed by atoms with Crippen molar-refractivity contribution >= 4 is 11.7 Å². The predicted octanol–water partition coefficient (Wildman–Crippen LogP) is 0.585. The van der Waals surface area contributed by atoms with Gasteiger partial charge in [-0.25, -0.2) is 0 Å². The van der Waals surface area contributed by atoms with Gasteiger partial charge in [0.2, 0.25) is 5.91 Å². The van der Waals surface area contributed by atoms with E-state index in [4.69, 9.17) is 0 Å². The molecule has 0 aliphatic heterocycles. The first-order valence-corrected chi connectivity index (χ1v) is 5.49. The summed E-state index contributed by atoms with van der Waals surface area (Å²) in [6.07, 6.45) is 0.784. The highest BCUT2D eigenvalue weighted by molar-refractivity contribution is 5.96. The molecule has 2 atom stereocenters. The summed E-state index contributed by atoms with van der Waals surface area (Å²) in [5, 5.41) is 9.94. The van der Waals surface area contributed by atoms with Crippen LogP contribution in [0.5, 0.6) is 0 Å². The van der Waals surface area contributed by atoms with Crippen LogP contribution < -0.4 is 0 Å². The average molecular weight is 213 g/mol. The summed E-state index contributed by atoms with van der Waals surface area (Å²) in [5.74, 6) is -0.867. The molecule has 0 aromatic carbocycles. The second kappa shape index (κ2) is 4.31. The minimum Gasteiger partial charge on any atom is -0.382 e. The number of amides is 1. The fourth-order valence-electron chi connectivity index (χ4n) is 2.12. The quantitative estimate of drug-likeness (QED) is 0.746. The minimum atomic E-state index is -1.46. The number of rotatable bonds is 3. The van der Waals surface area contributed by atoms with Crippen molar-refractivity contribution in [2.24, 2.45) is 5.92 Å². The molecule has 0 radical (unpaired) electrons. The third-order valence-corrected chi connectivity index (χ3v) is 3.28. The van der Waals surface area contributed by atoms with Gasteiger partial charge in [-0.1, -0.05) is 0 Å². The van der Waals surface area contributed by atoms with Crippen LogP contribution in [0.3, 0.4) is 0 Å². The number of nitrogens with zero attached hydrogens (tertiary/aromatic N) is 1. The average Bonchev–Trinajstić information content (AvgIpc) is 2.44. The molecular formula is C11H19NO3. The standard InChI is InChI=1S/C11H19NO3/c1-4-12(5-2)10(14)8-6-7-9(13)11(8,3)15/h8,15H,4-7H2,1-3H3/t8-,11+/m1/s1. The summed E-state index contributed by atoms with van der Waals surface area (Å²) in [4.78, 5) is 25.0. The Hall–Kier alpha value is -0.900. The van der Waals surface area contributed by atoms with Crippen LogP contribution in [0, 0.1) is 5.92 Å². The van der Waals surface area contributed by atoms with Crippen molar-refractivity contribution in [3.63, 3.8) is 0 Å². The van der Waals surface area contributed by atoms with Crippen molar-refractivity contribution < 1.29 is 14.7 Å². The second-order valence-electron chi connectivity index (χ2n) is 4.17. The van der Waals surface area contributed by atoms with E-state index in [0.717, 1.165) is 0 Å². The van der Waals surface area contributed by atoms with Gasteiger partial charge < -0.3 is 10.0 Å². The molecule has 0 saturated heterocycles. The van der Waals surface area contributed by atoms with E-state index in [1.165, 1.54) is 6.92 Å². The van der Waals surface area contributed by atoms with Gasteiger partial charge in [0.25, 0.3) is 0 Å². The van der Waals surface area contributed by atoms with E-state index in [2.05, 4.69) is 0 Å². The van der Waals surface area contributed by atoms with Crippen molar-refractivity contribution in [1.82, 2.24) is 4.90 Å². The molecular weight excluding hydrogens is 194 g/mol. The molecule has 1 amide bonds. The molecule has 0 aromatic heterocycles. The van der Waals surface area contributed by atoms with E-state index in [0.29, 0.717) is 25.9 Å². The second-order valence-corrected chi connectivity index (χ2v) is 4.17. The van der Waals surface area contributed by atoms with Gasteiger partial charge in [0.1, 0.15) is 5.60 Å². The first-order valence-electron chi connectivity index (χ1n) is 5.49. The number of Topliss-reactive ketones (excluding diaryl/α,β-unsaturated/α-hetero) is 1. The molecule has 0 unspecified atom stereocenters. The van der Waals surface area contributed by atoms with Crippen molar-refractivity contribution in [2.45, 2.75) is 39.2 Å². The van der Waals surface area contributed by atoms with Gasteiger partial charge in [0.15, 0.2) is 5.78 Å². The highest BCUT2D eigenvalue weighted by atomic mass is 16.3. The molecule has 86 valence electrons. The Kier molecular flexibility index (Phi) is 3.50. The molecule has 0 heterocycles. The lowest BCUT2D eigenvalue weighted by Crippen LogP contribution is -2.46. The van der Waals surface area contributed by atoms with Gasteiger partial charge in [-0.3, -0.25) is 9.59 Å². The normalized spacial score (nSPS) is 30.7. The van der Waals surface area contributed by atoms with Crippen LogP contribution in [0.2, 0.25) is 0 Å². The van der Waals surface area contributed by atoms with Gasteiger partial charge >= 0.3 is 0 Å². The maximum absolute atomic E-state index is 12.0. The zero-order chi connectivity index (χ0) is 11.6. The number of hydrogen-bond acceptors (Lipinski definition) is 3. The Morgan fingerprint density at radius 3 is 2.40 bits per heavy atom. The van der Waals surface area contributed by atoms with E-state index < -0.39 is 11.5 Å². The number of carbonyl (C=O) groups is 2. The van der Waals surface area contributed by atoms with Crippen LogP contribution in [0.15, 0.2) is 0 Å². The van der Waals surface area contributed by atoms with Crippen molar-refractivity contribution in [3.8, 4) is 0 Å². The van der Waals surface area contributed by atoms with Gasteiger partial charge in [0.05, 0.1) is 5.92 Å². The van der Waals surface area contributed by atoms with Crippen molar-refractivity contribution in [3.05, 3.63) is 0 Å². The Bertz CT molecular complexity index is 269. The predicted molar refractivity (Wildman–Crippen MR) is 56.3 cm³/mol. The summed E-state index contributed by atoms with van der Waals surface area (Å²) in [6, 6.07) is 0. The highest BCUT2D eigenvalue weighted by Gasteiger charge is 2.49. The number of carbonyl (C=O) groups excluding carboxylic acids is 2. The summed E-state index contributed by atoms with van der Waals surface area (Å²) >= 11 is 0. The highest BCUT2D eigenvalue weighted by Crippen LogP contribution is 2.33. The summed E-state index contributed by atoms with van der Waals surface area (Å²) in [6.45, 7) is 6.49. The molecule has 1 aliphatic rings. The fraction of sp³-hybridized carbons (Fsp3) is 0.818. The number of hydrogen-bond donors (Lipinski definition) is 1. The molecule has 0 bridgehead atoms. The Labute approximate surface area is 90.3 Å². The largest absolute Gasteiger partial charge is 0.382 e. The third kappa shape index (κ3) is 2.04. The van der Waals surface area contributed by atoms with Crippen LogP contribution in [-0.4, -0.2) is 40.4 Å². The van der Waals surface area contributed by atoms with Crippen molar-refractivity contribution in [2.75, 3.05) is 13.1 Å². The van der Waals surface area contributed by atoms with E-state index >= 15 is 0 Å². The van der Waals surface area contributed by atoms with Crippen LogP contribution >= 0.6 is 0 Å². The lowest BCUT2D eigenvalue weighted by atomic mass is 9.91. The van der Waals surface area contributed by atoms with E-state index in [1.807, 2.05) is 13.8 Å². The molecule has 1 rings (SSSR count). The molecule has 15 heavy (non-hydrogen) atoms. The summed E-state index contributed by atoms with van der Waals surface area (Å²) < 4.78 is 0. The van der Waals surface area contributed by atoms with Gasteiger partial charge in [-0.05, 0) is 27.2 Å². The van der Waals surface area contributed by atoms with E-state index in [1.54, 1.807) is 4.90 Å². The van der Waals surface area contributed by atoms with E-state index in [9.17, 15) is 14.7 Å². The first kappa shape index (κ1) is 12.2. The van der Waals surface area contributed by atoms with Crippen LogP contribution in [0.4, 0.5) is 0 Å². The molecule has 0 aromatic rings. The minimum absolute atomic E-state index is 0.101. The topological polar surface area (TPSA) is 57.6 Å². The smallest absolute Gasteiger partial charge is 0.229 e. The zero-order valence-corrected chi connectivity index (χ0v) is 9.62. The van der Waals surface area contributed by atoms with Crippen LogP contribution in [0.1, 0.15) is 33.6 Å². The third-order valence-electron chi connectivity index (χ3n) is 3.28. The maximum Gasteiger partial charge on any atom is 0.229 e. The zero-order valence-electron chi connectivity index (χ0n) is 9.62. The molecule has 1 saturated carbocycles. The fourth-order valence-corrected chi connectivity index (χ4v) is 2.12. The van der Waals surface area contributed by atoms with Crippen molar-refractivity contribution in [1.29, 1.82) is 0 Å². The number of ketones is 1. The molecule has 1 fully saturated rings. The van der Waals surface area contributed by atoms with Crippen LogP contribution in [-0.2, 0) is 9.59 Å². The molecule has 4 heteroatoms. The molecule has 1 aliphatic carbocycles. The molecule has 4 nitrogen and oxygen atoms in total. The number of aliphatic hydroxyl groups is 1. The Morgan fingerprint density at radius 2 is 2.07 bits per heavy atom. The SMILES string of the molecule is CCN(CC)C(=O)[C@H]1CCC(=O)[C@@]1(C)O. The summed E-state index contributed by atoms with van der Waals surface area (Å²) in [7, 11) is 0. The molecule has 0 spiro atoms. The Morgan fingerprint density at radius 1 is 1.53 bits per heavy atom. The summed E-state index contributed by atoms with van der Waals surface area (Å²) in [5.41, 5.74) is -1.46. The first-order chi connectivity index (χ1) is 6.95. The Balaban J connectivity index is 2.81.